The minimum absolute atomic E-state index is 0.105. The molecule has 2 aromatic rings. The third-order valence-corrected chi connectivity index (χ3v) is 6.30. The summed E-state index contributed by atoms with van der Waals surface area (Å²) in [6.45, 7) is 3.67. The molecule has 188 valence electrons. The lowest BCUT2D eigenvalue weighted by molar-refractivity contribution is -0.141. The topological polar surface area (TPSA) is 111 Å². The first-order valence-electron chi connectivity index (χ1n) is 11.9. The third-order valence-electron chi connectivity index (χ3n) is 6.30. The number of likely N-dealkylation sites (N-methyl/N-ethyl adjacent to an activating group) is 1. The fraction of sp³-hybridized carbons (Fsp3) is 0.370. The SMILES string of the molecule is C[C@@H](NC(=O)C(=O)N[C@H]1COc2ccc(C#CCN3CCC(O)C3)cc2N(C)C1=O)c1ccccc1. The van der Waals surface area contributed by atoms with Crippen molar-refractivity contribution < 1.29 is 24.2 Å². The van der Waals surface area contributed by atoms with Crippen molar-refractivity contribution >= 4 is 23.4 Å². The third kappa shape index (κ3) is 6.03. The summed E-state index contributed by atoms with van der Waals surface area (Å²) in [5.74, 6) is 4.55. The summed E-state index contributed by atoms with van der Waals surface area (Å²) in [6.07, 6.45) is 0.471. The van der Waals surface area contributed by atoms with E-state index in [1.54, 1.807) is 32.2 Å². The monoisotopic (exact) mass is 490 g/mol. The predicted octanol–water partition coefficient (Wildman–Crippen LogP) is 0.822. The molecular formula is C27H30N4O5. The molecular weight excluding hydrogens is 460 g/mol. The Balaban J connectivity index is 1.37. The highest BCUT2D eigenvalue weighted by atomic mass is 16.5. The zero-order valence-electron chi connectivity index (χ0n) is 20.4. The first kappa shape index (κ1) is 25.2. The van der Waals surface area contributed by atoms with Gasteiger partial charge in [0.2, 0.25) is 0 Å². The van der Waals surface area contributed by atoms with Crippen LogP contribution in [-0.4, -0.2) is 73.2 Å². The number of β-amino-alcohol motifs (C(OH)–C–C–N with tert-alkyl or cyclic N) is 1. The molecule has 9 nitrogen and oxygen atoms in total. The van der Waals surface area contributed by atoms with Crippen LogP contribution in [0.2, 0.25) is 0 Å². The van der Waals surface area contributed by atoms with Gasteiger partial charge in [-0.3, -0.25) is 19.3 Å². The standard InChI is InChI=1S/C27H30N4O5/c1-18(20-8-4-3-5-9-20)28-25(33)26(34)29-22-17-36-24-11-10-19(15-23(24)30(2)27(22)35)7-6-13-31-14-12-21(32)16-31/h3-5,8-11,15,18,21-22,32H,12-14,16-17H2,1-2H3,(H,28,33)(H,29,34)/t18-,21?,22+/m1/s1. The van der Waals surface area contributed by atoms with E-state index < -0.39 is 23.8 Å². The van der Waals surface area contributed by atoms with Gasteiger partial charge in [-0.05, 0) is 37.1 Å². The fourth-order valence-electron chi connectivity index (χ4n) is 4.20. The van der Waals surface area contributed by atoms with Gasteiger partial charge in [-0.25, -0.2) is 0 Å². The van der Waals surface area contributed by atoms with Gasteiger partial charge in [0.05, 0.1) is 24.4 Å². The number of likely N-dealkylation sites (tertiary alicyclic amines) is 1. The second kappa shape index (κ2) is 11.2. The molecule has 1 fully saturated rings. The number of nitrogens with one attached hydrogen (secondary N) is 2. The summed E-state index contributed by atoms with van der Waals surface area (Å²) in [7, 11) is 1.59. The molecule has 0 bridgehead atoms. The van der Waals surface area contributed by atoms with Crippen LogP contribution < -0.4 is 20.3 Å². The quantitative estimate of drug-likeness (QED) is 0.432. The lowest BCUT2D eigenvalue weighted by atomic mass is 10.1. The van der Waals surface area contributed by atoms with Crippen LogP contribution in [0.4, 0.5) is 5.69 Å². The van der Waals surface area contributed by atoms with Crippen molar-refractivity contribution in [1.82, 2.24) is 15.5 Å². The summed E-state index contributed by atoms with van der Waals surface area (Å²) < 4.78 is 5.79. The van der Waals surface area contributed by atoms with Crippen molar-refractivity contribution in [3.63, 3.8) is 0 Å². The van der Waals surface area contributed by atoms with Crippen LogP contribution in [0.25, 0.3) is 0 Å². The Bertz CT molecular complexity index is 1190. The molecule has 4 rings (SSSR count). The number of anilines is 1. The summed E-state index contributed by atoms with van der Waals surface area (Å²) in [5.41, 5.74) is 2.11. The molecule has 0 radical (unpaired) electrons. The first-order chi connectivity index (χ1) is 17.3. The Morgan fingerprint density at radius 1 is 1.19 bits per heavy atom. The number of fused-ring (bicyclic) bond motifs is 1. The van der Waals surface area contributed by atoms with E-state index in [2.05, 4.69) is 27.4 Å². The maximum Gasteiger partial charge on any atom is 0.310 e. The highest BCUT2D eigenvalue weighted by Crippen LogP contribution is 2.31. The van der Waals surface area contributed by atoms with E-state index in [1.165, 1.54) is 4.90 Å². The summed E-state index contributed by atoms with van der Waals surface area (Å²) >= 11 is 0. The van der Waals surface area contributed by atoms with Gasteiger partial charge in [0, 0.05) is 25.7 Å². The zero-order chi connectivity index (χ0) is 25.7. The molecule has 0 saturated carbocycles. The smallest absolute Gasteiger partial charge is 0.310 e. The van der Waals surface area contributed by atoms with E-state index in [0.29, 0.717) is 30.1 Å². The number of carbonyl (C=O) groups is 3. The van der Waals surface area contributed by atoms with Crippen LogP contribution in [0.1, 0.15) is 30.5 Å². The van der Waals surface area contributed by atoms with Crippen LogP contribution in [0.3, 0.4) is 0 Å². The fourth-order valence-corrected chi connectivity index (χ4v) is 4.20. The molecule has 9 heteroatoms. The number of hydrogen-bond acceptors (Lipinski definition) is 6. The Hall–Kier alpha value is -3.87. The average Bonchev–Trinajstić information content (AvgIpc) is 3.26. The number of carbonyl (C=O) groups excluding carboxylic acids is 3. The van der Waals surface area contributed by atoms with Gasteiger partial charge in [-0.2, -0.15) is 0 Å². The van der Waals surface area contributed by atoms with Crippen molar-refractivity contribution in [2.24, 2.45) is 0 Å². The van der Waals surface area contributed by atoms with Crippen molar-refractivity contribution in [2.75, 3.05) is 38.2 Å². The molecule has 0 aromatic heterocycles. The van der Waals surface area contributed by atoms with E-state index in [0.717, 1.165) is 18.5 Å². The molecule has 2 aliphatic heterocycles. The zero-order valence-corrected chi connectivity index (χ0v) is 20.4. The van der Waals surface area contributed by atoms with E-state index in [9.17, 15) is 19.5 Å². The van der Waals surface area contributed by atoms with Crippen LogP contribution in [0, 0.1) is 11.8 Å². The van der Waals surface area contributed by atoms with E-state index in [1.807, 2.05) is 30.3 Å². The largest absolute Gasteiger partial charge is 0.489 e. The molecule has 0 spiro atoms. The minimum atomic E-state index is -1.02. The van der Waals surface area contributed by atoms with Gasteiger partial charge >= 0.3 is 11.8 Å². The van der Waals surface area contributed by atoms with E-state index in [-0.39, 0.29) is 18.8 Å². The summed E-state index contributed by atoms with van der Waals surface area (Å²) in [4.78, 5) is 41.5. The van der Waals surface area contributed by atoms with E-state index in [4.69, 9.17) is 4.74 Å². The van der Waals surface area contributed by atoms with Crippen molar-refractivity contribution in [1.29, 1.82) is 0 Å². The molecule has 1 saturated heterocycles. The molecule has 3 N–H and O–H groups in total. The van der Waals surface area contributed by atoms with Gasteiger partial charge in [0.1, 0.15) is 18.4 Å². The van der Waals surface area contributed by atoms with E-state index >= 15 is 0 Å². The number of nitrogens with zero attached hydrogens (tertiary/aromatic N) is 2. The molecule has 2 heterocycles. The van der Waals surface area contributed by atoms with Crippen molar-refractivity contribution in [3.05, 3.63) is 59.7 Å². The second-order valence-electron chi connectivity index (χ2n) is 9.00. The number of rotatable bonds is 4. The normalized spacial score (nSPS) is 20.3. The van der Waals surface area contributed by atoms with Crippen LogP contribution in [0.5, 0.6) is 5.75 Å². The maximum absolute atomic E-state index is 13.1. The van der Waals surface area contributed by atoms with Gasteiger partial charge in [-0.15, -0.1) is 0 Å². The van der Waals surface area contributed by atoms with Crippen LogP contribution in [-0.2, 0) is 14.4 Å². The lowest BCUT2D eigenvalue weighted by Crippen LogP contribution is -2.53. The maximum atomic E-state index is 13.1. The lowest BCUT2D eigenvalue weighted by Gasteiger charge is -2.21. The predicted molar refractivity (Wildman–Crippen MR) is 134 cm³/mol. The van der Waals surface area contributed by atoms with Crippen molar-refractivity contribution in [3.8, 4) is 17.6 Å². The molecule has 3 amide bonds. The highest BCUT2D eigenvalue weighted by Gasteiger charge is 2.32. The Morgan fingerprint density at radius 2 is 1.97 bits per heavy atom. The average molecular weight is 491 g/mol. The van der Waals surface area contributed by atoms with Gasteiger partial charge in [0.15, 0.2) is 0 Å². The number of hydrogen-bond donors (Lipinski definition) is 3. The molecule has 2 aromatic carbocycles. The van der Waals surface area contributed by atoms with Gasteiger partial charge in [-0.1, -0.05) is 42.2 Å². The van der Waals surface area contributed by atoms with Crippen molar-refractivity contribution in [2.45, 2.75) is 31.5 Å². The number of aliphatic hydroxyl groups excluding tert-OH is 1. The Morgan fingerprint density at radius 3 is 2.69 bits per heavy atom. The van der Waals surface area contributed by atoms with Crippen LogP contribution in [0.15, 0.2) is 48.5 Å². The second-order valence-corrected chi connectivity index (χ2v) is 9.00. The summed E-state index contributed by atoms with van der Waals surface area (Å²) in [5, 5.41) is 14.8. The molecule has 3 atom stereocenters. The molecule has 1 unspecified atom stereocenters. The molecule has 36 heavy (non-hydrogen) atoms. The van der Waals surface area contributed by atoms with Gasteiger partial charge in [0.25, 0.3) is 5.91 Å². The minimum Gasteiger partial charge on any atom is -0.489 e. The number of aliphatic hydroxyl groups is 1. The highest BCUT2D eigenvalue weighted by molar-refractivity contribution is 6.35. The molecule has 0 aliphatic carbocycles. The summed E-state index contributed by atoms with van der Waals surface area (Å²) in [6, 6.07) is 13.2. The Kier molecular flexibility index (Phi) is 7.88. The van der Waals surface area contributed by atoms with Gasteiger partial charge < -0.3 is 25.4 Å². The number of ether oxygens (including phenoxy) is 1. The molecule has 2 aliphatic rings. The first-order valence-corrected chi connectivity index (χ1v) is 11.9. The van der Waals surface area contributed by atoms with Crippen LogP contribution >= 0.6 is 0 Å². The number of benzene rings is 2. The Labute approximate surface area is 210 Å². The number of amides is 3.